The van der Waals surface area contributed by atoms with Crippen LogP contribution in [0, 0.1) is 18.6 Å². The summed E-state index contributed by atoms with van der Waals surface area (Å²) in [5, 5.41) is 15.6. The zero-order chi connectivity index (χ0) is 25.2. The van der Waals surface area contributed by atoms with E-state index in [2.05, 4.69) is 15.6 Å². The lowest BCUT2D eigenvalue weighted by Crippen LogP contribution is -2.40. The topological polar surface area (TPSA) is 117 Å². The quantitative estimate of drug-likeness (QED) is 0.449. The van der Waals surface area contributed by atoms with Gasteiger partial charge in [-0.15, -0.1) is 0 Å². The molecule has 3 rings (SSSR count). The molecule has 3 aromatic rings. The van der Waals surface area contributed by atoms with Gasteiger partial charge in [0.1, 0.15) is 17.5 Å². The molecule has 1 heterocycles. The first-order valence-corrected chi connectivity index (χ1v) is 10.5. The van der Waals surface area contributed by atoms with Gasteiger partial charge in [0.25, 0.3) is 11.8 Å². The van der Waals surface area contributed by atoms with Crippen LogP contribution < -0.4 is 16.4 Å². The van der Waals surface area contributed by atoms with Gasteiger partial charge in [-0.2, -0.15) is 0 Å². The lowest BCUT2D eigenvalue weighted by molar-refractivity contribution is -0.124. The van der Waals surface area contributed by atoms with Crippen molar-refractivity contribution in [2.45, 2.75) is 39.3 Å². The molecule has 9 heteroatoms. The summed E-state index contributed by atoms with van der Waals surface area (Å²) in [7, 11) is 0. The number of rotatable bonds is 5. The van der Waals surface area contributed by atoms with E-state index in [1.165, 1.54) is 0 Å². The van der Waals surface area contributed by atoms with Gasteiger partial charge in [-0.3, -0.25) is 9.59 Å². The van der Waals surface area contributed by atoms with Crippen molar-refractivity contribution in [1.29, 1.82) is 0 Å². The Morgan fingerprint density at radius 1 is 1.06 bits per heavy atom. The average molecular weight is 469 g/mol. The number of anilines is 2. The monoisotopic (exact) mass is 468 g/mol. The third kappa shape index (κ3) is 5.93. The number of amides is 2. The molecule has 0 aliphatic carbocycles. The van der Waals surface area contributed by atoms with Gasteiger partial charge in [0.15, 0.2) is 6.10 Å². The molecule has 5 N–H and O–H groups in total. The van der Waals surface area contributed by atoms with E-state index in [9.17, 15) is 23.5 Å². The van der Waals surface area contributed by atoms with E-state index >= 15 is 0 Å². The second-order valence-corrected chi connectivity index (χ2v) is 8.99. The predicted molar refractivity (Wildman–Crippen MR) is 126 cm³/mol. The number of benzene rings is 2. The number of pyridine rings is 1. The second-order valence-electron chi connectivity index (χ2n) is 8.99. The van der Waals surface area contributed by atoms with Crippen molar-refractivity contribution in [3.8, 4) is 11.1 Å². The van der Waals surface area contributed by atoms with Crippen LogP contribution in [0.4, 0.5) is 20.3 Å². The first-order chi connectivity index (χ1) is 15.8. The first kappa shape index (κ1) is 24.8. The fraction of sp³-hybridized carbons (Fsp3) is 0.240. The number of aromatic nitrogens is 1. The molecular formula is C25H26F2N4O3. The van der Waals surface area contributed by atoms with Gasteiger partial charge in [-0.25, -0.2) is 13.8 Å². The molecular weight excluding hydrogens is 442 g/mol. The molecule has 1 aromatic heterocycles. The van der Waals surface area contributed by atoms with Crippen molar-refractivity contribution in [1.82, 2.24) is 10.3 Å². The van der Waals surface area contributed by atoms with Crippen LogP contribution in [0.1, 0.15) is 48.4 Å². The number of halogens is 2. The van der Waals surface area contributed by atoms with Crippen LogP contribution in [0.3, 0.4) is 0 Å². The number of aliphatic hydroxyl groups excluding tert-OH is 1. The Balaban J connectivity index is 1.82. The zero-order valence-corrected chi connectivity index (χ0v) is 19.2. The SMILES string of the molecule is Cc1cc(NC(=O)C(O)c2cc(F)cc(F)c2)ccc1-c1cnc(N)c(C(=O)NC(C)(C)C)c1. The van der Waals surface area contributed by atoms with E-state index < -0.39 is 29.2 Å². The van der Waals surface area contributed by atoms with Gasteiger partial charge < -0.3 is 21.5 Å². The van der Waals surface area contributed by atoms with Gasteiger partial charge >= 0.3 is 0 Å². The minimum atomic E-state index is -1.75. The Kier molecular flexibility index (Phi) is 6.97. The summed E-state index contributed by atoms with van der Waals surface area (Å²) in [5.41, 5.74) is 8.03. The molecule has 2 aromatic carbocycles. The van der Waals surface area contributed by atoms with E-state index in [0.29, 0.717) is 17.3 Å². The Labute approximate surface area is 196 Å². The van der Waals surface area contributed by atoms with E-state index in [-0.39, 0.29) is 22.9 Å². The Bertz CT molecular complexity index is 1240. The number of hydrogen-bond donors (Lipinski definition) is 4. The predicted octanol–water partition coefficient (Wildman–Crippen LogP) is 4.12. The number of hydrogen-bond acceptors (Lipinski definition) is 5. The summed E-state index contributed by atoms with van der Waals surface area (Å²) in [5.74, 6) is -2.87. The summed E-state index contributed by atoms with van der Waals surface area (Å²) >= 11 is 0. The maximum atomic E-state index is 13.4. The zero-order valence-electron chi connectivity index (χ0n) is 19.2. The number of carbonyl (C=O) groups excluding carboxylic acids is 2. The molecule has 0 aliphatic heterocycles. The molecule has 34 heavy (non-hydrogen) atoms. The van der Waals surface area contributed by atoms with Crippen LogP contribution in [-0.2, 0) is 4.79 Å². The van der Waals surface area contributed by atoms with Crippen LogP contribution >= 0.6 is 0 Å². The summed E-state index contributed by atoms with van der Waals surface area (Å²) in [6.45, 7) is 7.38. The van der Waals surface area contributed by atoms with Gasteiger partial charge in [0.2, 0.25) is 0 Å². The normalized spacial score (nSPS) is 12.2. The number of nitrogen functional groups attached to an aromatic ring is 1. The van der Waals surface area contributed by atoms with Crippen LogP contribution in [-0.4, -0.2) is 27.4 Å². The van der Waals surface area contributed by atoms with Crippen molar-refractivity contribution in [3.05, 3.63) is 77.0 Å². The number of carbonyl (C=O) groups is 2. The molecule has 0 saturated heterocycles. The number of aryl methyl sites for hydroxylation is 1. The van der Waals surface area contributed by atoms with Gasteiger partial charge in [-0.05, 0) is 74.7 Å². The minimum Gasteiger partial charge on any atom is -0.383 e. The number of aliphatic hydroxyl groups is 1. The Morgan fingerprint density at radius 3 is 2.29 bits per heavy atom. The van der Waals surface area contributed by atoms with E-state index in [1.807, 2.05) is 20.8 Å². The average Bonchev–Trinajstić information content (AvgIpc) is 2.72. The van der Waals surface area contributed by atoms with E-state index in [0.717, 1.165) is 23.3 Å². The standard InChI is InChI=1S/C25H26F2N4O3/c1-13-7-18(30-24(34)21(32)14-8-16(26)11-17(27)9-14)5-6-19(13)15-10-20(22(28)29-12-15)23(33)31-25(2,3)4/h5-12,21,32H,1-4H3,(H2,28,29)(H,30,34)(H,31,33). The molecule has 0 saturated carbocycles. The fourth-order valence-electron chi connectivity index (χ4n) is 3.37. The lowest BCUT2D eigenvalue weighted by Gasteiger charge is -2.21. The highest BCUT2D eigenvalue weighted by molar-refractivity contribution is 6.00. The molecule has 178 valence electrons. The fourth-order valence-corrected chi connectivity index (χ4v) is 3.37. The van der Waals surface area contributed by atoms with Crippen molar-refractivity contribution >= 4 is 23.3 Å². The largest absolute Gasteiger partial charge is 0.383 e. The number of nitrogens with two attached hydrogens (primary N) is 1. The smallest absolute Gasteiger partial charge is 0.257 e. The molecule has 7 nitrogen and oxygen atoms in total. The van der Waals surface area contributed by atoms with Gasteiger partial charge in [0.05, 0.1) is 5.56 Å². The third-order valence-electron chi connectivity index (χ3n) is 4.91. The summed E-state index contributed by atoms with van der Waals surface area (Å²) in [4.78, 5) is 29.1. The molecule has 0 radical (unpaired) electrons. The molecule has 0 fully saturated rings. The van der Waals surface area contributed by atoms with Crippen molar-refractivity contribution in [2.24, 2.45) is 0 Å². The van der Waals surface area contributed by atoms with Crippen molar-refractivity contribution < 1.29 is 23.5 Å². The Morgan fingerprint density at radius 2 is 1.71 bits per heavy atom. The molecule has 0 aliphatic rings. The molecule has 0 bridgehead atoms. The molecule has 1 atom stereocenters. The van der Waals surface area contributed by atoms with Crippen LogP contribution in [0.2, 0.25) is 0 Å². The third-order valence-corrected chi connectivity index (χ3v) is 4.91. The highest BCUT2D eigenvalue weighted by Crippen LogP contribution is 2.28. The minimum absolute atomic E-state index is 0.106. The summed E-state index contributed by atoms with van der Waals surface area (Å²) < 4.78 is 26.8. The molecule has 1 unspecified atom stereocenters. The highest BCUT2D eigenvalue weighted by atomic mass is 19.1. The summed E-state index contributed by atoms with van der Waals surface area (Å²) in [6, 6.07) is 9.07. The van der Waals surface area contributed by atoms with Gasteiger partial charge in [-0.1, -0.05) is 6.07 Å². The summed E-state index contributed by atoms with van der Waals surface area (Å²) in [6.07, 6.45) is -0.207. The maximum absolute atomic E-state index is 13.4. The van der Waals surface area contributed by atoms with Crippen LogP contribution in [0.15, 0.2) is 48.7 Å². The second kappa shape index (κ2) is 9.56. The van der Waals surface area contributed by atoms with E-state index in [1.54, 1.807) is 37.4 Å². The van der Waals surface area contributed by atoms with Crippen LogP contribution in [0.5, 0.6) is 0 Å². The first-order valence-electron chi connectivity index (χ1n) is 10.5. The molecule has 2 amide bonds. The van der Waals surface area contributed by atoms with Crippen LogP contribution in [0.25, 0.3) is 11.1 Å². The Hall–Kier alpha value is -3.85. The molecule has 0 spiro atoms. The maximum Gasteiger partial charge on any atom is 0.257 e. The highest BCUT2D eigenvalue weighted by Gasteiger charge is 2.21. The van der Waals surface area contributed by atoms with E-state index in [4.69, 9.17) is 5.73 Å². The van der Waals surface area contributed by atoms with Gasteiger partial charge in [0, 0.05) is 29.1 Å². The van der Waals surface area contributed by atoms with Crippen molar-refractivity contribution in [2.75, 3.05) is 11.1 Å². The number of nitrogens with one attached hydrogen (secondary N) is 2. The van der Waals surface area contributed by atoms with Crippen molar-refractivity contribution in [3.63, 3.8) is 0 Å². The number of nitrogens with zero attached hydrogens (tertiary/aromatic N) is 1. The lowest BCUT2D eigenvalue weighted by atomic mass is 9.99.